The lowest BCUT2D eigenvalue weighted by Gasteiger charge is -2.19. The predicted octanol–water partition coefficient (Wildman–Crippen LogP) is 10.9. The second-order valence-electron chi connectivity index (χ2n) is 12.8. The highest BCUT2D eigenvalue weighted by Crippen LogP contribution is 2.43. The van der Waals surface area contributed by atoms with E-state index in [2.05, 4.69) is 74.6 Å². The van der Waals surface area contributed by atoms with Gasteiger partial charge in [0.15, 0.2) is 6.10 Å². The minimum Gasteiger partial charge on any atom is -0.462 e. The maximum Gasteiger partial charge on any atom is 0.472 e. The predicted molar refractivity (Wildman–Crippen MR) is 210 cm³/mol. The Morgan fingerprint density at radius 3 is 1.55 bits per heavy atom. The molecule has 0 aliphatic rings. The van der Waals surface area contributed by atoms with E-state index in [0.29, 0.717) is 12.8 Å². The maximum atomic E-state index is 12.5. The van der Waals surface area contributed by atoms with E-state index in [0.717, 1.165) is 70.6 Å². The molecule has 3 N–H and O–H groups in total. The van der Waals surface area contributed by atoms with Crippen molar-refractivity contribution in [2.45, 2.75) is 161 Å². The average molecular weight is 738 g/mol. The molecule has 9 nitrogen and oxygen atoms in total. The third-order valence-corrected chi connectivity index (χ3v) is 8.86. The molecular formula is C41H72NO8P. The summed E-state index contributed by atoms with van der Waals surface area (Å²) in [5, 5.41) is 0. The fraction of sp³-hybridized carbons (Fsp3) is 0.707. The molecule has 2 unspecified atom stereocenters. The highest BCUT2D eigenvalue weighted by molar-refractivity contribution is 7.47. The minimum absolute atomic E-state index is 0.0431. The number of esters is 2. The van der Waals surface area contributed by atoms with E-state index in [4.69, 9.17) is 24.3 Å². The Bertz CT molecular complexity index is 1020. The fourth-order valence-corrected chi connectivity index (χ4v) is 5.67. The number of allylic oxidation sites excluding steroid dienone is 10. The molecule has 51 heavy (non-hydrogen) atoms. The topological polar surface area (TPSA) is 134 Å². The molecule has 0 aliphatic carbocycles. The monoisotopic (exact) mass is 737 g/mol. The van der Waals surface area contributed by atoms with E-state index in [9.17, 15) is 19.0 Å². The molecule has 0 aromatic rings. The number of nitrogens with two attached hydrogens (primary N) is 1. The van der Waals surface area contributed by atoms with Crippen LogP contribution in [0.15, 0.2) is 60.8 Å². The van der Waals surface area contributed by atoms with E-state index < -0.39 is 32.5 Å². The zero-order valence-electron chi connectivity index (χ0n) is 32.1. The summed E-state index contributed by atoms with van der Waals surface area (Å²) in [7, 11) is -4.39. The van der Waals surface area contributed by atoms with Gasteiger partial charge in [0.2, 0.25) is 0 Å². The summed E-state index contributed by atoms with van der Waals surface area (Å²) < 4.78 is 32.6. The third kappa shape index (κ3) is 37.3. The summed E-state index contributed by atoms with van der Waals surface area (Å²) in [4.78, 5) is 34.7. The number of phosphoric ester groups is 1. The number of carbonyl (C=O) groups is 2. The summed E-state index contributed by atoms with van der Waals surface area (Å²) >= 11 is 0. The normalized spacial score (nSPS) is 14.0. The van der Waals surface area contributed by atoms with Gasteiger partial charge in [0.25, 0.3) is 0 Å². The van der Waals surface area contributed by atoms with Crippen LogP contribution in [-0.2, 0) is 32.7 Å². The second kappa shape index (κ2) is 37.5. The maximum absolute atomic E-state index is 12.5. The lowest BCUT2D eigenvalue weighted by atomic mass is 10.1. The zero-order valence-corrected chi connectivity index (χ0v) is 33.0. The molecule has 0 spiro atoms. The van der Waals surface area contributed by atoms with Crippen LogP contribution in [0.1, 0.15) is 155 Å². The van der Waals surface area contributed by atoms with E-state index in [1.54, 1.807) is 0 Å². The molecule has 0 rings (SSSR count). The molecule has 0 saturated carbocycles. The van der Waals surface area contributed by atoms with Crippen LogP contribution in [0.2, 0.25) is 0 Å². The molecule has 0 aromatic carbocycles. The standard InChI is InChI=1S/C41H72NO8P/c1-3-5-7-9-11-13-15-17-19-21-23-25-27-29-31-33-40(43)47-37-39(38-49-51(45,46)48-36-35-42)50-41(44)34-32-30-28-26-24-22-20-18-16-14-12-10-8-6-4-2/h11-14,17-20,23,25,39H,3-10,15-16,21-22,24,26-38,42H2,1-2H3,(H,45,46). The van der Waals surface area contributed by atoms with Crippen LogP contribution in [0.4, 0.5) is 0 Å². The first-order valence-corrected chi connectivity index (χ1v) is 21.3. The Labute approximate surface area is 310 Å². The van der Waals surface area contributed by atoms with Gasteiger partial charge in [-0.3, -0.25) is 18.6 Å². The van der Waals surface area contributed by atoms with Crippen molar-refractivity contribution < 1.29 is 37.6 Å². The minimum atomic E-state index is -4.39. The van der Waals surface area contributed by atoms with Gasteiger partial charge in [-0.1, -0.05) is 120 Å². The molecule has 10 heteroatoms. The molecule has 0 amide bonds. The zero-order chi connectivity index (χ0) is 37.5. The third-order valence-electron chi connectivity index (χ3n) is 7.88. The molecule has 2 atom stereocenters. The van der Waals surface area contributed by atoms with Crippen molar-refractivity contribution >= 4 is 19.8 Å². The Hall–Kier alpha value is -2.29. The van der Waals surface area contributed by atoms with Crippen molar-refractivity contribution in [1.82, 2.24) is 0 Å². The first kappa shape index (κ1) is 48.7. The summed E-state index contributed by atoms with van der Waals surface area (Å²) in [6, 6.07) is 0. The van der Waals surface area contributed by atoms with Gasteiger partial charge in [0, 0.05) is 19.4 Å². The van der Waals surface area contributed by atoms with E-state index in [1.165, 1.54) is 44.9 Å². The van der Waals surface area contributed by atoms with Crippen molar-refractivity contribution in [2.24, 2.45) is 5.73 Å². The first-order valence-electron chi connectivity index (χ1n) is 19.8. The smallest absolute Gasteiger partial charge is 0.462 e. The van der Waals surface area contributed by atoms with Gasteiger partial charge in [-0.15, -0.1) is 0 Å². The van der Waals surface area contributed by atoms with E-state index in [1.807, 2.05) is 0 Å². The van der Waals surface area contributed by atoms with Gasteiger partial charge in [0.05, 0.1) is 13.2 Å². The Kier molecular flexibility index (Phi) is 35.8. The lowest BCUT2D eigenvalue weighted by molar-refractivity contribution is -0.161. The van der Waals surface area contributed by atoms with Gasteiger partial charge in [-0.2, -0.15) is 0 Å². The van der Waals surface area contributed by atoms with Crippen LogP contribution in [0.25, 0.3) is 0 Å². The molecule has 0 fully saturated rings. The molecule has 0 saturated heterocycles. The first-order chi connectivity index (χ1) is 24.8. The molecule has 0 bridgehead atoms. The van der Waals surface area contributed by atoms with Crippen LogP contribution in [-0.4, -0.2) is 49.3 Å². The van der Waals surface area contributed by atoms with Crippen molar-refractivity contribution in [3.63, 3.8) is 0 Å². The molecule has 0 radical (unpaired) electrons. The van der Waals surface area contributed by atoms with E-state index in [-0.39, 0.29) is 32.6 Å². The van der Waals surface area contributed by atoms with Crippen molar-refractivity contribution in [1.29, 1.82) is 0 Å². The number of hydrogen-bond acceptors (Lipinski definition) is 8. The molecule has 0 heterocycles. The van der Waals surface area contributed by atoms with Crippen LogP contribution in [0.5, 0.6) is 0 Å². The highest BCUT2D eigenvalue weighted by atomic mass is 31.2. The van der Waals surface area contributed by atoms with Crippen molar-refractivity contribution in [2.75, 3.05) is 26.4 Å². The van der Waals surface area contributed by atoms with Crippen LogP contribution in [0, 0.1) is 0 Å². The quantitative estimate of drug-likeness (QED) is 0.0279. The second-order valence-corrected chi connectivity index (χ2v) is 14.2. The number of carbonyl (C=O) groups excluding carboxylic acids is 2. The SMILES string of the molecule is CCCCCC=CCC=CCC=CCCCCC(=O)OCC(COP(=O)(O)OCCN)OC(=O)CCCCCCCC=CCC=CCCCCC. The van der Waals surface area contributed by atoms with Gasteiger partial charge in [-0.25, -0.2) is 4.57 Å². The van der Waals surface area contributed by atoms with Gasteiger partial charge in [-0.05, 0) is 83.5 Å². The van der Waals surface area contributed by atoms with Crippen LogP contribution >= 0.6 is 7.82 Å². The number of unbranched alkanes of at least 4 members (excludes halogenated alkanes) is 13. The molecular weight excluding hydrogens is 665 g/mol. The van der Waals surface area contributed by atoms with Gasteiger partial charge >= 0.3 is 19.8 Å². The van der Waals surface area contributed by atoms with Crippen molar-refractivity contribution in [3.05, 3.63) is 60.8 Å². The summed E-state index contributed by atoms with van der Waals surface area (Å²) in [6.07, 6.45) is 42.5. The Morgan fingerprint density at radius 2 is 1.02 bits per heavy atom. The molecule has 294 valence electrons. The summed E-state index contributed by atoms with van der Waals surface area (Å²) in [5.41, 5.74) is 5.33. The number of rotatable bonds is 36. The molecule has 0 aromatic heterocycles. The fourth-order valence-electron chi connectivity index (χ4n) is 4.90. The van der Waals surface area contributed by atoms with Crippen LogP contribution < -0.4 is 5.73 Å². The summed E-state index contributed by atoms with van der Waals surface area (Å²) in [5.74, 6) is -0.896. The summed E-state index contributed by atoms with van der Waals surface area (Å²) in [6.45, 7) is 3.59. The molecule has 0 aliphatic heterocycles. The van der Waals surface area contributed by atoms with E-state index >= 15 is 0 Å². The largest absolute Gasteiger partial charge is 0.472 e. The number of ether oxygens (including phenoxy) is 2. The van der Waals surface area contributed by atoms with Crippen molar-refractivity contribution in [3.8, 4) is 0 Å². The van der Waals surface area contributed by atoms with Gasteiger partial charge < -0.3 is 20.1 Å². The van der Waals surface area contributed by atoms with Gasteiger partial charge in [0.1, 0.15) is 6.61 Å². The highest BCUT2D eigenvalue weighted by Gasteiger charge is 2.25. The van der Waals surface area contributed by atoms with Crippen LogP contribution in [0.3, 0.4) is 0 Å². The number of phosphoric acid groups is 1. The number of hydrogen-bond donors (Lipinski definition) is 2. The lowest BCUT2D eigenvalue weighted by Crippen LogP contribution is -2.29. The Morgan fingerprint density at radius 1 is 0.588 bits per heavy atom. The average Bonchev–Trinajstić information content (AvgIpc) is 3.11. The Balaban J connectivity index is 4.32.